The fraction of sp³-hybridized carbons (Fsp3) is 0.333. The highest BCUT2D eigenvalue weighted by Gasteiger charge is 2.18. The van der Waals surface area contributed by atoms with E-state index in [1.807, 2.05) is 25.1 Å². The first-order valence-electron chi connectivity index (χ1n) is 6.99. The summed E-state index contributed by atoms with van der Waals surface area (Å²) < 4.78 is 6.77. The number of aromatic nitrogens is 4. The molecule has 1 aromatic carbocycles. The zero-order valence-electron chi connectivity index (χ0n) is 12.0. The molecule has 0 aliphatic heterocycles. The molecule has 0 aliphatic rings. The van der Waals surface area contributed by atoms with Gasteiger partial charge in [0, 0.05) is 6.42 Å². The number of para-hydroxylation sites is 1. The van der Waals surface area contributed by atoms with Gasteiger partial charge in [0.2, 0.25) is 5.89 Å². The molecule has 3 rings (SSSR count). The van der Waals surface area contributed by atoms with Gasteiger partial charge in [0.25, 0.3) is 5.56 Å². The summed E-state index contributed by atoms with van der Waals surface area (Å²) in [6, 6.07) is 6.93. The van der Waals surface area contributed by atoms with Crippen molar-refractivity contribution in [1.29, 1.82) is 0 Å². The van der Waals surface area contributed by atoms with Gasteiger partial charge in [0.1, 0.15) is 6.04 Å². The second-order valence-corrected chi connectivity index (χ2v) is 4.95. The lowest BCUT2D eigenvalue weighted by atomic mass is 10.2. The van der Waals surface area contributed by atoms with Crippen LogP contribution in [0.2, 0.25) is 0 Å². The Bertz CT molecular complexity index is 822. The number of hydrogen-bond acceptors (Lipinski definition) is 5. The third-order valence-corrected chi connectivity index (χ3v) is 3.42. The lowest BCUT2D eigenvalue weighted by Crippen LogP contribution is -2.24. The van der Waals surface area contributed by atoms with Crippen LogP contribution in [0.25, 0.3) is 10.9 Å². The fourth-order valence-corrected chi connectivity index (χ4v) is 2.24. The predicted molar refractivity (Wildman–Crippen MR) is 78.1 cm³/mol. The molecular formula is C15H16N4O2. The van der Waals surface area contributed by atoms with Gasteiger partial charge in [-0.25, -0.2) is 4.98 Å². The first kappa shape index (κ1) is 13.5. The van der Waals surface area contributed by atoms with Crippen LogP contribution in [0.4, 0.5) is 0 Å². The Morgan fingerprint density at radius 2 is 2.14 bits per heavy atom. The van der Waals surface area contributed by atoms with Gasteiger partial charge in [0.05, 0.1) is 17.2 Å². The summed E-state index contributed by atoms with van der Waals surface area (Å²) in [5.41, 5.74) is 0.575. The van der Waals surface area contributed by atoms with Gasteiger partial charge in [-0.1, -0.05) is 24.2 Å². The summed E-state index contributed by atoms with van der Waals surface area (Å²) >= 11 is 0. The molecule has 0 unspecified atom stereocenters. The van der Waals surface area contributed by atoms with Gasteiger partial charge >= 0.3 is 0 Å². The number of hydrogen-bond donors (Lipinski definition) is 0. The molecular weight excluding hydrogens is 268 g/mol. The molecule has 3 aromatic rings. The van der Waals surface area contributed by atoms with Crippen molar-refractivity contribution >= 4 is 10.9 Å². The molecule has 0 bridgehead atoms. The molecule has 2 heterocycles. The van der Waals surface area contributed by atoms with E-state index in [1.54, 1.807) is 6.07 Å². The van der Waals surface area contributed by atoms with E-state index in [1.165, 1.54) is 10.9 Å². The highest BCUT2D eigenvalue weighted by atomic mass is 16.5. The van der Waals surface area contributed by atoms with Gasteiger partial charge < -0.3 is 4.52 Å². The van der Waals surface area contributed by atoms with Crippen LogP contribution in [0.15, 0.2) is 39.9 Å². The molecule has 6 heteroatoms. The van der Waals surface area contributed by atoms with Crippen molar-refractivity contribution in [2.24, 2.45) is 0 Å². The fourth-order valence-electron chi connectivity index (χ4n) is 2.24. The van der Waals surface area contributed by atoms with Gasteiger partial charge in [-0.15, -0.1) is 0 Å². The van der Waals surface area contributed by atoms with E-state index in [0.29, 0.717) is 22.6 Å². The van der Waals surface area contributed by atoms with Crippen LogP contribution in [0.5, 0.6) is 0 Å². The number of nitrogens with zero attached hydrogens (tertiary/aromatic N) is 4. The minimum atomic E-state index is -0.340. The minimum Gasteiger partial charge on any atom is -0.337 e. The third kappa shape index (κ3) is 2.44. The van der Waals surface area contributed by atoms with Crippen molar-refractivity contribution in [2.75, 3.05) is 0 Å². The first-order valence-corrected chi connectivity index (χ1v) is 6.99. The second kappa shape index (κ2) is 5.47. The van der Waals surface area contributed by atoms with Crippen LogP contribution in [0.1, 0.15) is 38.0 Å². The lowest BCUT2D eigenvalue weighted by molar-refractivity contribution is 0.339. The van der Waals surface area contributed by atoms with E-state index < -0.39 is 0 Å². The Morgan fingerprint density at radius 1 is 1.33 bits per heavy atom. The van der Waals surface area contributed by atoms with Gasteiger partial charge in [0.15, 0.2) is 5.82 Å². The molecule has 0 amide bonds. The number of aryl methyl sites for hydroxylation is 1. The molecule has 0 N–H and O–H groups in total. The average Bonchev–Trinajstić information content (AvgIpc) is 2.96. The van der Waals surface area contributed by atoms with Crippen LogP contribution in [-0.2, 0) is 6.42 Å². The summed E-state index contributed by atoms with van der Waals surface area (Å²) in [6.07, 6.45) is 3.24. The molecule has 0 spiro atoms. The molecule has 0 aliphatic carbocycles. The Hall–Kier alpha value is -2.50. The third-order valence-electron chi connectivity index (χ3n) is 3.42. The first-order chi connectivity index (χ1) is 10.2. The van der Waals surface area contributed by atoms with Crippen molar-refractivity contribution in [3.63, 3.8) is 0 Å². The zero-order valence-corrected chi connectivity index (χ0v) is 12.0. The zero-order chi connectivity index (χ0) is 14.8. The highest BCUT2D eigenvalue weighted by molar-refractivity contribution is 5.76. The monoisotopic (exact) mass is 284 g/mol. The van der Waals surface area contributed by atoms with Crippen LogP contribution in [-0.4, -0.2) is 19.7 Å². The van der Waals surface area contributed by atoms with Gasteiger partial charge in [-0.2, -0.15) is 4.98 Å². The van der Waals surface area contributed by atoms with E-state index in [0.717, 1.165) is 12.8 Å². The molecule has 6 nitrogen and oxygen atoms in total. The molecule has 0 saturated carbocycles. The standard InChI is InChI=1S/C15H16N4O2/c1-3-6-13-17-14(21-18-13)10(2)19-9-16-12-8-5-4-7-11(12)15(19)20/h4-5,7-10H,3,6H2,1-2H3/t10-/m1/s1. The molecule has 108 valence electrons. The summed E-state index contributed by atoms with van der Waals surface area (Å²) in [5.74, 6) is 1.10. The topological polar surface area (TPSA) is 73.8 Å². The number of rotatable bonds is 4. The molecule has 0 saturated heterocycles. The lowest BCUT2D eigenvalue weighted by Gasteiger charge is -2.10. The van der Waals surface area contributed by atoms with Gasteiger partial charge in [-0.3, -0.25) is 9.36 Å². The van der Waals surface area contributed by atoms with Gasteiger partial charge in [-0.05, 0) is 25.5 Å². The van der Waals surface area contributed by atoms with Crippen LogP contribution >= 0.6 is 0 Å². The highest BCUT2D eigenvalue weighted by Crippen LogP contribution is 2.15. The van der Waals surface area contributed by atoms with E-state index in [-0.39, 0.29) is 11.6 Å². The predicted octanol–water partition coefficient (Wildman–Crippen LogP) is 2.34. The normalized spacial score (nSPS) is 12.7. The maximum absolute atomic E-state index is 12.5. The maximum atomic E-state index is 12.5. The minimum absolute atomic E-state index is 0.108. The Morgan fingerprint density at radius 3 is 2.95 bits per heavy atom. The molecule has 1 atom stereocenters. The summed E-state index contributed by atoms with van der Waals surface area (Å²) in [6.45, 7) is 3.90. The summed E-state index contributed by atoms with van der Waals surface area (Å²) in [4.78, 5) is 21.1. The Balaban J connectivity index is 2.02. The Kier molecular flexibility index (Phi) is 3.51. The molecule has 0 radical (unpaired) electrons. The van der Waals surface area contributed by atoms with E-state index in [4.69, 9.17) is 4.52 Å². The second-order valence-electron chi connectivity index (χ2n) is 4.95. The summed E-state index contributed by atoms with van der Waals surface area (Å²) in [7, 11) is 0. The van der Waals surface area contributed by atoms with Crippen LogP contribution in [0.3, 0.4) is 0 Å². The SMILES string of the molecule is CCCc1noc([C@@H](C)n2cnc3ccccc3c2=O)n1. The molecule has 2 aromatic heterocycles. The van der Waals surface area contributed by atoms with Crippen LogP contribution < -0.4 is 5.56 Å². The largest absolute Gasteiger partial charge is 0.337 e. The van der Waals surface area contributed by atoms with Crippen molar-refractivity contribution < 1.29 is 4.52 Å². The van der Waals surface area contributed by atoms with Crippen molar-refractivity contribution in [1.82, 2.24) is 19.7 Å². The maximum Gasteiger partial charge on any atom is 0.261 e. The molecule has 21 heavy (non-hydrogen) atoms. The number of benzene rings is 1. The summed E-state index contributed by atoms with van der Waals surface area (Å²) in [5, 5.41) is 4.51. The van der Waals surface area contributed by atoms with Crippen molar-refractivity contribution in [3.8, 4) is 0 Å². The van der Waals surface area contributed by atoms with Crippen molar-refractivity contribution in [2.45, 2.75) is 32.7 Å². The van der Waals surface area contributed by atoms with Crippen molar-refractivity contribution in [3.05, 3.63) is 52.7 Å². The number of fused-ring (bicyclic) bond motifs is 1. The van der Waals surface area contributed by atoms with E-state index >= 15 is 0 Å². The van der Waals surface area contributed by atoms with E-state index in [9.17, 15) is 4.79 Å². The average molecular weight is 284 g/mol. The quantitative estimate of drug-likeness (QED) is 0.735. The van der Waals surface area contributed by atoms with E-state index in [2.05, 4.69) is 22.0 Å². The smallest absolute Gasteiger partial charge is 0.261 e. The Labute approximate surface area is 121 Å². The molecule has 0 fully saturated rings. The van der Waals surface area contributed by atoms with Crippen LogP contribution in [0, 0.1) is 0 Å².